The van der Waals surface area contributed by atoms with Gasteiger partial charge < -0.3 is 10.4 Å². The van der Waals surface area contributed by atoms with Gasteiger partial charge in [0.1, 0.15) is 0 Å². The molecule has 0 radical (unpaired) electrons. The second-order valence-corrected chi connectivity index (χ2v) is 7.35. The van der Waals surface area contributed by atoms with Gasteiger partial charge in [0.15, 0.2) is 0 Å². The summed E-state index contributed by atoms with van der Waals surface area (Å²) in [6.07, 6.45) is 10.3. The molecular formula is C26H36ClNO3S. The van der Waals surface area contributed by atoms with E-state index < -0.39 is 5.97 Å². The molecule has 6 heteroatoms. The number of amides is 1. The zero-order chi connectivity index (χ0) is 24.9. The van der Waals surface area contributed by atoms with E-state index in [1.54, 1.807) is 0 Å². The molecule has 1 amide bonds. The molecule has 4 nitrogen and oxygen atoms in total. The lowest BCUT2D eigenvalue weighted by molar-refractivity contribution is -0.131. The number of carboxylic acid groups (broad SMARTS) is 1. The second kappa shape index (κ2) is 20.4. The molecule has 176 valence electrons. The van der Waals surface area contributed by atoms with Crippen LogP contribution in [0.15, 0.2) is 88.5 Å². The Labute approximate surface area is 203 Å². The summed E-state index contributed by atoms with van der Waals surface area (Å²) in [5, 5.41) is 11.6. The fraction of sp³-hybridized carbons (Fsp3) is 0.308. The highest BCUT2D eigenvalue weighted by atomic mass is 35.5. The molecule has 0 saturated heterocycles. The Kier molecular flexibility index (Phi) is 20.2. The third kappa shape index (κ3) is 19.5. The summed E-state index contributed by atoms with van der Waals surface area (Å²) in [5.74, 6) is -1.36. The third-order valence-electron chi connectivity index (χ3n) is 3.73. The van der Waals surface area contributed by atoms with E-state index in [4.69, 9.17) is 16.7 Å². The highest BCUT2D eigenvalue weighted by Gasteiger charge is 2.03. The lowest BCUT2D eigenvalue weighted by Gasteiger charge is -2.04. The van der Waals surface area contributed by atoms with E-state index in [1.807, 2.05) is 89.3 Å². The molecule has 0 heterocycles. The number of carbonyl (C=O) groups excluding carboxylic acids is 1. The maximum Gasteiger partial charge on any atom is 0.330 e. The SMILES string of the molecule is C=C(C)/C(C)=C/C=C(Cl)\C=C/C.CC.O=C(O)/C=C(/S)NC(=O)CCCc1ccccc1. The maximum atomic E-state index is 11.4. The number of hydrogen-bond donors (Lipinski definition) is 3. The predicted octanol–water partition coefficient (Wildman–Crippen LogP) is 7.22. The number of aryl methyl sites for hydroxylation is 1. The predicted molar refractivity (Wildman–Crippen MR) is 141 cm³/mol. The Morgan fingerprint density at radius 3 is 2.25 bits per heavy atom. The molecule has 0 aliphatic rings. The number of thiol groups is 1. The molecule has 0 atom stereocenters. The zero-order valence-corrected chi connectivity index (χ0v) is 21.3. The zero-order valence-electron chi connectivity index (χ0n) is 19.7. The van der Waals surface area contributed by atoms with Crippen LogP contribution in [0.5, 0.6) is 0 Å². The molecule has 0 fully saturated rings. The molecule has 0 aliphatic heterocycles. The summed E-state index contributed by atoms with van der Waals surface area (Å²) in [5.41, 5.74) is 3.39. The van der Waals surface area contributed by atoms with Crippen molar-refractivity contribution < 1.29 is 14.7 Å². The van der Waals surface area contributed by atoms with E-state index in [0.29, 0.717) is 12.8 Å². The van der Waals surface area contributed by atoms with Gasteiger partial charge >= 0.3 is 5.97 Å². The number of hydrogen-bond acceptors (Lipinski definition) is 3. The van der Waals surface area contributed by atoms with Crippen molar-refractivity contribution in [3.8, 4) is 0 Å². The van der Waals surface area contributed by atoms with Gasteiger partial charge in [0.05, 0.1) is 11.1 Å². The van der Waals surface area contributed by atoms with Gasteiger partial charge in [-0.2, -0.15) is 0 Å². The molecule has 2 N–H and O–H groups in total. The molecule has 0 aliphatic carbocycles. The molecule has 0 unspecified atom stereocenters. The maximum absolute atomic E-state index is 11.4. The van der Waals surface area contributed by atoms with Gasteiger partial charge in [-0.25, -0.2) is 4.79 Å². The molecule has 1 rings (SSSR count). The van der Waals surface area contributed by atoms with Gasteiger partial charge in [0, 0.05) is 11.5 Å². The first-order valence-corrected chi connectivity index (χ1v) is 11.3. The highest BCUT2D eigenvalue weighted by molar-refractivity contribution is 7.84. The van der Waals surface area contributed by atoms with Crippen molar-refractivity contribution in [2.24, 2.45) is 0 Å². The smallest absolute Gasteiger partial charge is 0.330 e. The second-order valence-electron chi connectivity index (χ2n) is 6.44. The third-order valence-corrected chi connectivity index (χ3v) is 4.22. The van der Waals surface area contributed by atoms with Crippen molar-refractivity contribution in [2.75, 3.05) is 0 Å². The van der Waals surface area contributed by atoms with Gasteiger partial charge in [-0.15, -0.1) is 12.6 Å². The van der Waals surface area contributed by atoms with E-state index in [2.05, 4.69) is 24.5 Å². The molecule has 0 saturated carbocycles. The summed E-state index contributed by atoms with van der Waals surface area (Å²) in [7, 11) is 0. The number of aliphatic carboxylic acids is 1. The van der Waals surface area contributed by atoms with Crippen molar-refractivity contribution in [2.45, 2.75) is 53.9 Å². The summed E-state index contributed by atoms with van der Waals surface area (Å²) in [6.45, 7) is 13.7. The van der Waals surface area contributed by atoms with Crippen LogP contribution in [0, 0.1) is 0 Å². The molecule has 1 aromatic rings. The van der Waals surface area contributed by atoms with Crippen molar-refractivity contribution in [3.05, 3.63) is 94.1 Å². The Morgan fingerprint density at radius 2 is 1.75 bits per heavy atom. The lowest BCUT2D eigenvalue weighted by Crippen LogP contribution is -2.20. The number of carbonyl (C=O) groups is 2. The number of nitrogens with one attached hydrogen (secondary N) is 1. The van der Waals surface area contributed by atoms with Gasteiger partial charge in [-0.1, -0.05) is 80.1 Å². The number of allylic oxidation sites excluding steroid dienone is 7. The summed E-state index contributed by atoms with van der Waals surface area (Å²) in [4.78, 5) is 21.7. The Hall–Kier alpha value is -2.50. The van der Waals surface area contributed by atoms with Crippen LogP contribution in [0.1, 0.15) is 53.0 Å². The normalized spacial score (nSPS) is 11.7. The topological polar surface area (TPSA) is 66.4 Å². The Morgan fingerprint density at radius 1 is 1.16 bits per heavy atom. The van der Waals surface area contributed by atoms with Crippen LogP contribution >= 0.6 is 24.2 Å². The minimum absolute atomic E-state index is 0.0483. The quantitative estimate of drug-likeness (QED) is 0.200. The van der Waals surface area contributed by atoms with E-state index in [0.717, 1.165) is 28.7 Å². The van der Waals surface area contributed by atoms with Crippen molar-refractivity contribution in [1.82, 2.24) is 5.32 Å². The van der Waals surface area contributed by atoms with Gasteiger partial charge in [-0.3, -0.25) is 4.79 Å². The Balaban J connectivity index is 0. The molecule has 0 bridgehead atoms. The van der Waals surface area contributed by atoms with Crippen LogP contribution in [0.4, 0.5) is 0 Å². The average molecular weight is 478 g/mol. The first kappa shape index (κ1) is 31.7. The summed E-state index contributed by atoms with van der Waals surface area (Å²) in [6, 6.07) is 9.87. The largest absolute Gasteiger partial charge is 0.478 e. The standard InChI is InChI=1S/C13H15NO3S.C11H15Cl.C2H6/c15-11(14-12(18)9-13(16)17)8-4-7-10-5-2-1-3-6-10;1-5-6-11(12)8-7-10(4)9(2)3;1-2/h1-3,5-6,9,18H,4,7-8H2,(H,14,15)(H,16,17);5-8H,2H2,1,3-4H3;1-2H3/b12-9+;6-5-,10-7+,11-8+;. The van der Waals surface area contributed by atoms with Crippen molar-refractivity contribution in [3.63, 3.8) is 0 Å². The fourth-order valence-corrected chi connectivity index (χ4v) is 2.44. The molecular weight excluding hydrogens is 442 g/mol. The Bertz CT molecular complexity index is 825. The van der Waals surface area contributed by atoms with Gasteiger partial charge in [-0.05, 0) is 56.9 Å². The van der Waals surface area contributed by atoms with Crippen LogP contribution in [0.3, 0.4) is 0 Å². The van der Waals surface area contributed by atoms with Crippen LogP contribution in [-0.4, -0.2) is 17.0 Å². The summed E-state index contributed by atoms with van der Waals surface area (Å²) < 4.78 is 0. The molecule has 1 aromatic carbocycles. The molecule has 0 aromatic heterocycles. The number of rotatable bonds is 9. The fourth-order valence-electron chi connectivity index (χ4n) is 2.02. The number of halogens is 1. The van der Waals surface area contributed by atoms with E-state index >= 15 is 0 Å². The van der Waals surface area contributed by atoms with Crippen LogP contribution in [-0.2, 0) is 16.0 Å². The summed E-state index contributed by atoms with van der Waals surface area (Å²) >= 11 is 9.68. The minimum Gasteiger partial charge on any atom is -0.478 e. The van der Waals surface area contributed by atoms with E-state index in [-0.39, 0.29) is 10.9 Å². The monoisotopic (exact) mass is 477 g/mol. The van der Waals surface area contributed by atoms with Gasteiger partial charge in [0.25, 0.3) is 0 Å². The van der Waals surface area contributed by atoms with Crippen molar-refractivity contribution in [1.29, 1.82) is 0 Å². The number of carboxylic acids is 1. The minimum atomic E-state index is -1.13. The molecule has 32 heavy (non-hydrogen) atoms. The van der Waals surface area contributed by atoms with Crippen LogP contribution in [0.25, 0.3) is 0 Å². The highest BCUT2D eigenvalue weighted by Crippen LogP contribution is 2.09. The number of benzene rings is 1. The van der Waals surface area contributed by atoms with Crippen LogP contribution in [0.2, 0.25) is 0 Å². The van der Waals surface area contributed by atoms with E-state index in [1.165, 1.54) is 5.56 Å². The first-order chi connectivity index (χ1) is 15.1. The first-order valence-electron chi connectivity index (χ1n) is 10.5. The van der Waals surface area contributed by atoms with Crippen LogP contribution < -0.4 is 5.32 Å². The van der Waals surface area contributed by atoms with Crippen molar-refractivity contribution >= 4 is 36.1 Å². The average Bonchev–Trinajstić information content (AvgIpc) is 2.74. The molecule has 0 spiro atoms. The van der Waals surface area contributed by atoms with Gasteiger partial charge in [0.2, 0.25) is 5.91 Å². The lowest BCUT2D eigenvalue weighted by atomic mass is 10.1. The van der Waals surface area contributed by atoms with E-state index in [9.17, 15) is 9.59 Å².